The zero-order chi connectivity index (χ0) is 17.8. The van der Waals surface area contributed by atoms with E-state index in [1.54, 1.807) is 39.5 Å². The van der Waals surface area contributed by atoms with Gasteiger partial charge in [-0.25, -0.2) is 0 Å². The highest BCUT2D eigenvalue weighted by molar-refractivity contribution is 5.95. The van der Waals surface area contributed by atoms with E-state index in [0.29, 0.717) is 17.1 Å². The Morgan fingerprint density at radius 2 is 1.52 bits per heavy atom. The molecule has 0 spiro atoms. The van der Waals surface area contributed by atoms with E-state index in [0.717, 1.165) is 30.7 Å². The lowest BCUT2D eigenvalue weighted by Gasteiger charge is -2.25. The normalized spacial score (nSPS) is 16.6. The summed E-state index contributed by atoms with van der Waals surface area (Å²) in [6.45, 7) is 0.745. The van der Waals surface area contributed by atoms with Gasteiger partial charge in [0.1, 0.15) is 17.2 Å². The molecule has 1 heterocycles. The molecule has 1 aliphatic heterocycles. The first-order chi connectivity index (χ1) is 12.2. The van der Waals surface area contributed by atoms with Gasteiger partial charge < -0.3 is 19.1 Å². The highest BCUT2D eigenvalue weighted by Gasteiger charge is 2.31. The van der Waals surface area contributed by atoms with E-state index >= 15 is 0 Å². The molecule has 0 saturated carbocycles. The molecule has 0 N–H and O–H groups in total. The second-order valence-corrected chi connectivity index (χ2v) is 6.03. The Balaban J connectivity index is 1.87. The largest absolute Gasteiger partial charge is 0.497 e. The molecule has 5 heteroatoms. The third kappa shape index (κ3) is 3.55. The molecule has 132 valence electrons. The van der Waals surface area contributed by atoms with Gasteiger partial charge in [0.05, 0.1) is 27.4 Å². The third-order valence-electron chi connectivity index (χ3n) is 4.61. The van der Waals surface area contributed by atoms with Crippen molar-refractivity contribution < 1.29 is 19.0 Å². The second-order valence-electron chi connectivity index (χ2n) is 6.03. The summed E-state index contributed by atoms with van der Waals surface area (Å²) in [5.41, 5.74) is 1.71. The van der Waals surface area contributed by atoms with Crippen molar-refractivity contribution in [2.45, 2.75) is 18.9 Å². The van der Waals surface area contributed by atoms with Gasteiger partial charge in [0.15, 0.2) is 0 Å². The Bertz CT molecular complexity index is 720. The molecule has 3 rings (SSSR count). The van der Waals surface area contributed by atoms with Crippen LogP contribution < -0.4 is 14.2 Å². The van der Waals surface area contributed by atoms with Gasteiger partial charge >= 0.3 is 0 Å². The van der Waals surface area contributed by atoms with E-state index < -0.39 is 0 Å². The van der Waals surface area contributed by atoms with Crippen molar-refractivity contribution in [3.05, 3.63) is 53.6 Å². The first kappa shape index (κ1) is 17.1. The number of carbonyl (C=O) groups excluding carboxylic acids is 1. The second kappa shape index (κ2) is 7.47. The predicted molar refractivity (Wildman–Crippen MR) is 95.6 cm³/mol. The molecule has 1 amide bonds. The number of carbonyl (C=O) groups is 1. The van der Waals surface area contributed by atoms with Gasteiger partial charge in [0, 0.05) is 18.2 Å². The SMILES string of the molecule is COc1ccc(C2CCCN2C(=O)c2cc(OC)cc(OC)c2)cc1. The predicted octanol–water partition coefficient (Wildman–Crippen LogP) is 3.69. The summed E-state index contributed by atoms with van der Waals surface area (Å²) in [5.74, 6) is 2.04. The van der Waals surface area contributed by atoms with Gasteiger partial charge in [-0.05, 0) is 42.7 Å². The summed E-state index contributed by atoms with van der Waals surface area (Å²) >= 11 is 0. The molecule has 1 atom stereocenters. The van der Waals surface area contributed by atoms with Crippen molar-refractivity contribution in [3.8, 4) is 17.2 Å². The van der Waals surface area contributed by atoms with Crippen LogP contribution in [0.1, 0.15) is 34.8 Å². The highest BCUT2D eigenvalue weighted by Crippen LogP contribution is 2.35. The lowest BCUT2D eigenvalue weighted by Crippen LogP contribution is -2.30. The Morgan fingerprint density at radius 3 is 2.08 bits per heavy atom. The van der Waals surface area contributed by atoms with Crippen molar-refractivity contribution in [1.82, 2.24) is 4.90 Å². The van der Waals surface area contributed by atoms with Gasteiger partial charge in [-0.15, -0.1) is 0 Å². The summed E-state index contributed by atoms with van der Waals surface area (Å²) in [7, 11) is 4.81. The zero-order valence-electron chi connectivity index (χ0n) is 14.8. The lowest BCUT2D eigenvalue weighted by molar-refractivity contribution is 0.0735. The van der Waals surface area contributed by atoms with E-state index in [1.807, 2.05) is 29.2 Å². The summed E-state index contributed by atoms with van der Waals surface area (Å²) in [4.78, 5) is 15.0. The molecule has 1 unspecified atom stereocenters. The summed E-state index contributed by atoms with van der Waals surface area (Å²) < 4.78 is 15.8. The number of nitrogens with zero attached hydrogens (tertiary/aromatic N) is 1. The molecule has 2 aromatic carbocycles. The number of hydrogen-bond donors (Lipinski definition) is 0. The Labute approximate surface area is 148 Å². The Morgan fingerprint density at radius 1 is 0.920 bits per heavy atom. The maximum atomic E-state index is 13.1. The quantitative estimate of drug-likeness (QED) is 0.832. The lowest BCUT2D eigenvalue weighted by atomic mass is 10.0. The van der Waals surface area contributed by atoms with E-state index in [1.165, 1.54) is 0 Å². The van der Waals surface area contributed by atoms with Crippen LogP contribution in [0.2, 0.25) is 0 Å². The number of likely N-dealkylation sites (tertiary alicyclic amines) is 1. The van der Waals surface area contributed by atoms with E-state index in [4.69, 9.17) is 14.2 Å². The first-order valence-corrected chi connectivity index (χ1v) is 8.34. The summed E-state index contributed by atoms with van der Waals surface area (Å²) in [6.07, 6.45) is 1.95. The molecule has 5 nitrogen and oxygen atoms in total. The smallest absolute Gasteiger partial charge is 0.254 e. The number of ether oxygens (including phenoxy) is 3. The molecular weight excluding hydrogens is 318 g/mol. The van der Waals surface area contributed by atoms with Gasteiger partial charge in [0.2, 0.25) is 0 Å². The minimum atomic E-state index is -0.00415. The van der Waals surface area contributed by atoms with Gasteiger partial charge in [-0.1, -0.05) is 12.1 Å². The van der Waals surface area contributed by atoms with Gasteiger partial charge in [-0.2, -0.15) is 0 Å². The molecule has 2 aromatic rings. The van der Waals surface area contributed by atoms with Crippen LogP contribution in [0.4, 0.5) is 0 Å². The molecule has 0 aliphatic carbocycles. The summed E-state index contributed by atoms with van der Waals surface area (Å²) in [6, 6.07) is 13.3. The number of benzene rings is 2. The Kier molecular flexibility index (Phi) is 5.12. The van der Waals surface area contributed by atoms with Crippen LogP contribution in [0, 0.1) is 0 Å². The van der Waals surface area contributed by atoms with Crippen molar-refractivity contribution in [2.24, 2.45) is 0 Å². The van der Waals surface area contributed by atoms with Crippen molar-refractivity contribution in [2.75, 3.05) is 27.9 Å². The molecule has 1 aliphatic rings. The fourth-order valence-electron chi connectivity index (χ4n) is 3.28. The zero-order valence-corrected chi connectivity index (χ0v) is 14.8. The number of methoxy groups -OCH3 is 3. The van der Waals surface area contributed by atoms with Crippen molar-refractivity contribution >= 4 is 5.91 Å². The van der Waals surface area contributed by atoms with Crippen LogP contribution in [0.5, 0.6) is 17.2 Å². The van der Waals surface area contributed by atoms with Crippen LogP contribution in [-0.2, 0) is 0 Å². The molecule has 25 heavy (non-hydrogen) atoms. The molecule has 1 saturated heterocycles. The molecular formula is C20H23NO4. The maximum absolute atomic E-state index is 13.1. The van der Waals surface area contributed by atoms with E-state index in [9.17, 15) is 4.79 Å². The molecule has 0 aromatic heterocycles. The number of rotatable bonds is 5. The topological polar surface area (TPSA) is 48.0 Å². The fourth-order valence-corrected chi connectivity index (χ4v) is 3.28. The van der Waals surface area contributed by atoms with Crippen LogP contribution in [-0.4, -0.2) is 38.7 Å². The van der Waals surface area contributed by atoms with Crippen LogP contribution in [0.3, 0.4) is 0 Å². The minimum Gasteiger partial charge on any atom is -0.497 e. The van der Waals surface area contributed by atoms with Gasteiger partial charge in [-0.3, -0.25) is 4.79 Å². The minimum absolute atomic E-state index is 0.00415. The van der Waals surface area contributed by atoms with E-state index in [-0.39, 0.29) is 11.9 Å². The first-order valence-electron chi connectivity index (χ1n) is 8.34. The van der Waals surface area contributed by atoms with Crippen LogP contribution in [0.25, 0.3) is 0 Å². The average Bonchev–Trinajstić information content (AvgIpc) is 3.16. The Hall–Kier alpha value is -2.69. The molecule has 0 bridgehead atoms. The van der Waals surface area contributed by atoms with Gasteiger partial charge in [0.25, 0.3) is 5.91 Å². The fraction of sp³-hybridized carbons (Fsp3) is 0.350. The van der Waals surface area contributed by atoms with Crippen LogP contribution in [0.15, 0.2) is 42.5 Å². The van der Waals surface area contributed by atoms with Crippen LogP contribution >= 0.6 is 0 Å². The van der Waals surface area contributed by atoms with E-state index in [2.05, 4.69) is 0 Å². The number of amides is 1. The molecule has 0 radical (unpaired) electrons. The summed E-state index contributed by atoms with van der Waals surface area (Å²) in [5, 5.41) is 0. The standard InChI is InChI=1S/C20H23NO4/c1-23-16-8-6-14(7-9-16)19-5-4-10-21(19)20(22)15-11-17(24-2)13-18(12-15)25-3/h6-9,11-13,19H,4-5,10H2,1-3H3. The van der Waals surface area contributed by atoms with Crippen molar-refractivity contribution in [3.63, 3.8) is 0 Å². The maximum Gasteiger partial charge on any atom is 0.254 e. The molecule has 1 fully saturated rings. The highest BCUT2D eigenvalue weighted by atomic mass is 16.5. The third-order valence-corrected chi connectivity index (χ3v) is 4.61. The monoisotopic (exact) mass is 341 g/mol. The average molecular weight is 341 g/mol. The van der Waals surface area contributed by atoms with Crippen molar-refractivity contribution in [1.29, 1.82) is 0 Å². The number of hydrogen-bond acceptors (Lipinski definition) is 4.